The molecule has 0 bridgehead atoms. The zero-order chi connectivity index (χ0) is 14.5. The Morgan fingerprint density at radius 2 is 1.67 bits per heavy atom. The third kappa shape index (κ3) is 4.20. The molecule has 2 atom stereocenters. The predicted octanol–water partition coefficient (Wildman–Crippen LogP) is 2.71. The van der Waals surface area contributed by atoms with Gasteiger partial charge in [0.1, 0.15) is 0 Å². The summed E-state index contributed by atoms with van der Waals surface area (Å²) < 4.78 is 0. The van der Waals surface area contributed by atoms with Crippen LogP contribution in [0.1, 0.15) is 58.3 Å². The minimum Gasteiger partial charge on any atom is -0.312 e. The number of hydrogen-bond donors (Lipinski definition) is 1. The Balaban J connectivity index is 1.42. The second kappa shape index (κ2) is 7.94. The molecule has 3 heteroatoms. The first kappa shape index (κ1) is 15.8. The molecule has 122 valence electrons. The molecule has 2 saturated heterocycles. The van der Waals surface area contributed by atoms with E-state index in [0.29, 0.717) is 0 Å². The van der Waals surface area contributed by atoms with Crippen molar-refractivity contribution in [3.05, 3.63) is 0 Å². The van der Waals surface area contributed by atoms with Gasteiger partial charge in [-0.25, -0.2) is 0 Å². The van der Waals surface area contributed by atoms with Crippen molar-refractivity contribution in [1.29, 1.82) is 0 Å². The van der Waals surface area contributed by atoms with E-state index < -0.39 is 0 Å². The zero-order valence-electron chi connectivity index (χ0n) is 14.0. The molecule has 0 aromatic rings. The molecule has 3 aliphatic rings. The summed E-state index contributed by atoms with van der Waals surface area (Å²) in [5.74, 6) is 0.975. The normalized spacial score (nSPS) is 33.0. The molecule has 21 heavy (non-hydrogen) atoms. The molecule has 3 rings (SSSR count). The predicted molar refractivity (Wildman–Crippen MR) is 89.7 cm³/mol. The zero-order valence-corrected chi connectivity index (χ0v) is 14.0. The molecular weight excluding hydrogens is 258 g/mol. The second-order valence-corrected chi connectivity index (χ2v) is 7.55. The maximum Gasteiger partial charge on any atom is 0.0249 e. The highest BCUT2D eigenvalue weighted by atomic mass is 15.2. The summed E-state index contributed by atoms with van der Waals surface area (Å²) in [5, 5.41) is 3.80. The first-order valence-electron chi connectivity index (χ1n) is 9.56. The molecular formula is C18H35N3. The minimum absolute atomic E-state index is 0.778. The van der Waals surface area contributed by atoms with Gasteiger partial charge in [-0.2, -0.15) is 0 Å². The van der Waals surface area contributed by atoms with E-state index in [-0.39, 0.29) is 0 Å². The molecule has 1 saturated carbocycles. The fourth-order valence-corrected chi connectivity index (χ4v) is 4.74. The monoisotopic (exact) mass is 293 g/mol. The minimum atomic E-state index is 0.778. The number of nitrogens with one attached hydrogen (secondary N) is 1. The molecule has 0 aromatic heterocycles. The van der Waals surface area contributed by atoms with Crippen LogP contribution in [0.3, 0.4) is 0 Å². The highest BCUT2D eigenvalue weighted by Crippen LogP contribution is 2.29. The molecule has 2 unspecified atom stereocenters. The Morgan fingerprint density at radius 1 is 0.905 bits per heavy atom. The smallest absolute Gasteiger partial charge is 0.0249 e. The van der Waals surface area contributed by atoms with Crippen LogP contribution in [-0.4, -0.2) is 61.2 Å². The molecule has 1 aliphatic carbocycles. The van der Waals surface area contributed by atoms with Gasteiger partial charge in [0.15, 0.2) is 0 Å². The van der Waals surface area contributed by atoms with E-state index in [2.05, 4.69) is 22.0 Å². The van der Waals surface area contributed by atoms with Crippen molar-refractivity contribution in [2.75, 3.05) is 39.3 Å². The molecule has 3 nitrogen and oxygen atoms in total. The van der Waals surface area contributed by atoms with E-state index in [0.717, 1.165) is 18.0 Å². The molecule has 3 fully saturated rings. The van der Waals surface area contributed by atoms with Crippen LogP contribution in [0.5, 0.6) is 0 Å². The van der Waals surface area contributed by atoms with E-state index in [1.807, 2.05) is 0 Å². The highest BCUT2D eigenvalue weighted by Gasteiger charge is 2.34. The quantitative estimate of drug-likeness (QED) is 0.812. The number of likely N-dealkylation sites (tertiary alicyclic amines) is 2. The van der Waals surface area contributed by atoms with Gasteiger partial charge in [0.2, 0.25) is 0 Å². The van der Waals surface area contributed by atoms with Crippen LogP contribution < -0.4 is 5.32 Å². The van der Waals surface area contributed by atoms with E-state index in [9.17, 15) is 0 Å². The standard InChI is InChI=1S/C18H35N3/c1-2-10-19-17-6-5-7-18(17)21-13-8-16(9-14-21)15-20-11-3-4-12-20/h16-19H,2-15H2,1H3. The van der Waals surface area contributed by atoms with Crippen LogP contribution in [0.25, 0.3) is 0 Å². The van der Waals surface area contributed by atoms with Gasteiger partial charge in [0, 0.05) is 18.6 Å². The largest absolute Gasteiger partial charge is 0.312 e. The van der Waals surface area contributed by atoms with E-state index in [1.165, 1.54) is 90.6 Å². The van der Waals surface area contributed by atoms with Gasteiger partial charge in [-0.3, -0.25) is 4.90 Å². The van der Waals surface area contributed by atoms with E-state index in [4.69, 9.17) is 0 Å². The Kier molecular flexibility index (Phi) is 5.96. The van der Waals surface area contributed by atoms with Gasteiger partial charge < -0.3 is 10.2 Å². The van der Waals surface area contributed by atoms with Crippen LogP contribution in [0, 0.1) is 5.92 Å². The fraction of sp³-hybridized carbons (Fsp3) is 1.00. The lowest BCUT2D eigenvalue weighted by Gasteiger charge is -2.39. The first-order valence-corrected chi connectivity index (χ1v) is 9.56. The Labute approximate surface area is 131 Å². The van der Waals surface area contributed by atoms with Gasteiger partial charge in [-0.1, -0.05) is 13.3 Å². The molecule has 0 aromatic carbocycles. The average Bonchev–Trinajstić information content (AvgIpc) is 3.17. The summed E-state index contributed by atoms with van der Waals surface area (Å²) in [6.45, 7) is 10.3. The van der Waals surface area contributed by atoms with Crippen LogP contribution >= 0.6 is 0 Å². The third-order valence-corrected chi connectivity index (χ3v) is 5.97. The van der Waals surface area contributed by atoms with Crippen LogP contribution in [0.4, 0.5) is 0 Å². The Hall–Kier alpha value is -0.120. The number of nitrogens with zero attached hydrogens (tertiary/aromatic N) is 2. The van der Waals surface area contributed by atoms with Gasteiger partial charge >= 0.3 is 0 Å². The van der Waals surface area contributed by atoms with Crippen molar-refractivity contribution in [3.63, 3.8) is 0 Å². The fourth-order valence-electron chi connectivity index (χ4n) is 4.74. The van der Waals surface area contributed by atoms with Crippen molar-refractivity contribution >= 4 is 0 Å². The second-order valence-electron chi connectivity index (χ2n) is 7.55. The van der Waals surface area contributed by atoms with Crippen molar-refractivity contribution < 1.29 is 0 Å². The molecule has 1 N–H and O–H groups in total. The van der Waals surface area contributed by atoms with Crippen LogP contribution in [0.2, 0.25) is 0 Å². The maximum atomic E-state index is 3.80. The van der Waals surface area contributed by atoms with Crippen LogP contribution in [0.15, 0.2) is 0 Å². The summed E-state index contributed by atoms with van der Waals surface area (Å²) in [4.78, 5) is 5.53. The third-order valence-electron chi connectivity index (χ3n) is 5.97. The maximum absolute atomic E-state index is 3.80. The average molecular weight is 293 g/mol. The van der Waals surface area contributed by atoms with Crippen molar-refractivity contribution in [2.45, 2.75) is 70.4 Å². The SMILES string of the molecule is CCCNC1CCCC1N1CCC(CN2CCCC2)CC1. The summed E-state index contributed by atoms with van der Waals surface area (Å²) in [7, 11) is 0. The van der Waals surface area contributed by atoms with Gasteiger partial charge in [-0.05, 0) is 83.6 Å². The summed E-state index contributed by atoms with van der Waals surface area (Å²) >= 11 is 0. The Morgan fingerprint density at radius 3 is 2.38 bits per heavy atom. The van der Waals surface area contributed by atoms with Crippen molar-refractivity contribution in [1.82, 2.24) is 15.1 Å². The summed E-state index contributed by atoms with van der Waals surface area (Å²) in [6.07, 6.45) is 11.3. The number of hydrogen-bond acceptors (Lipinski definition) is 3. The number of piperidine rings is 1. The van der Waals surface area contributed by atoms with Crippen molar-refractivity contribution in [3.8, 4) is 0 Å². The lowest BCUT2D eigenvalue weighted by atomic mass is 9.94. The summed E-state index contributed by atoms with van der Waals surface area (Å²) in [6, 6.07) is 1.62. The molecule has 0 radical (unpaired) electrons. The topological polar surface area (TPSA) is 18.5 Å². The van der Waals surface area contributed by atoms with Gasteiger partial charge in [-0.15, -0.1) is 0 Å². The lowest BCUT2D eigenvalue weighted by molar-refractivity contribution is 0.104. The molecule has 0 amide bonds. The summed E-state index contributed by atoms with van der Waals surface area (Å²) in [5.41, 5.74) is 0. The van der Waals surface area contributed by atoms with E-state index >= 15 is 0 Å². The highest BCUT2D eigenvalue weighted by molar-refractivity contribution is 4.92. The van der Waals surface area contributed by atoms with Crippen LogP contribution in [-0.2, 0) is 0 Å². The van der Waals surface area contributed by atoms with Gasteiger partial charge in [0.25, 0.3) is 0 Å². The molecule has 2 aliphatic heterocycles. The van der Waals surface area contributed by atoms with Crippen molar-refractivity contribution in [2.24, 2.45) is 5.92 Å². The molecule has 2 heterocycles. The van der Waals surface area contributed by atoms with E-state index in [1.54, 1.807) is 0 Å². The Bertz CT molecular complexity index is 293. The molecule has 0 spiro atoms. The lowest BCUT2D eigenvalue weighted by Crippen LogP contribution is -2.50. The van der Waals surface area contributed by atoms with Gasteiger partial charge in [0.05, 0.1) is 0 Å². The number of rotatable bonds is 6. The first-order chi connectivity index (χ1) is 10.4.